The molecule has 0 bridgehead atoms. The highest BCUT2D eigenvalue weighted by Gasteiger charge is 2.05. The monoisotopic (exact) mass is 224 g/mol. The molecule has 1 aromatic rings. The molecule has 0 N–H and O–H groups in total. The van der Waals surface area contributed by atoms with Crippen molar-refractivity contribution in [2.24, 2.45) is 0 Å². The van der Waals surface area contributed by atoms with Crippen LogP contribution in [-0.2, 0) is 9.53 Å². The average Bonchev–Trinajstić information content (AvgIpc) is 2.28. The van der Waals surface area contributed by atoms with Gasteiger partial charge in [0, 0.05) is 0 Å². The van der Waals surface area contributed by atoms with Crippen molar-refractivity contribution in [3.63, 3.8) is 0 Å². The number of ether oxygens (including phenoxy) is 3. The minimum Gasteiger partial charge on any atom is -0.494 e. The zero-order valence-corrected chi connectivity index (χ0v) is 9.78. The Hall–Kier alpha value is -1.71. The van der Waals surface area contributed by atoms with Crippen molar-refractivity contribution in [1.29, 1.82) is 0 Å². The third-order valence-electron chi connectivity index (χ3n) is 2.03. The largest absolute Gasteiger partial charge is 0.494 e. The molecule has 16 heavy (non-hydrogen) atoms. The number of carbonyl (C=O) groups excluding carboxylic acids is 1. The van der Waals surface area contributed by atoms with E-state index in [1.165, 1.54) is 7.11 Å². The van der Waals surface area contributed by atoms with E-state index in [0.29, 0.717) is 12.4 Å². The normalized spacial score (nSPS) is 9.69. The van der Waals surface area contributed by atoms with Crippen molar-refractivity contribution >= 4 is 5.97 Å². The van der Waals surface area contributed by atoms with Crippen LogP contribution in [0.4, 0.5) is 0 Å². The highest BCUT2D eigenvalue weighted by atomic mass is 16.6. The molecule has 0 heterocycles. The fourth-order valence-corrected chi connectivity index (χ4v) is 1.24. The second-order valence-corrected chi connectivity index (χ2v) is 3.23. The molecule has 1 aromatic carbocycles. The van der Waals surface area contributed by atoms with Crippen LogP contribution in [-0.4, -0.2) is 26.3 Å². The van der Waals surface area contributed by atoms with E-state index in [9.17, 15) is 4.79 Å². The van der Waals surface area contributed by atoms with Gasteiger partial charge in [0.05, 0.1) is 13.7 Å². The van der Waals surface area contributed by atoms with Gasteiger partial charge < -0.3 is 14.2 Å². The number of methoxy groups -OCH3 is 1. The van der Waals surface area contributed by atoms with Crippen LogP contribution in [0.2, 0.25) is 0 Å². The van der Waals surface area contributed by atoms with E-state index in [0.717, 1.165) is 11.3 Å². The molecule has 4 nitrogen and oxygen atoms in total. The molecule has 4 heteroatoms. The lowest BCUT2D eigenvalue weighted by molar-refractivity contribution is -0.142. The van der Waals surface area contributed by atoms with Crippen molar-refractivity contribution in [2.45, 2.75) is 13.8 Å². The molecule has 0 saturated heterocycles. The Morgan fingerprint density at radius 1 is 1.31 bits per heavy atom. The van der Waals surface area contributed by atoms with Crippen LogP contribution in [0.3, 0.4) is 0 Å². The van der Waals surface area contributed by atoms with Crippen LogP contribution in [0.5, 0.6) is 11.5 Å². The van der Waals surface area contributed by atoms with Crippen LogP contribution in [0.25, 0.3) is 0 Å². The van der Waals surface area contributed by atoms with Crippen LogP contribution in [0.15, 0.2) is 18.2 Å². The molecular weight excluding hydrogens is 208 g/mol. The van der Waals surface area contributed by atoms with Crippen molar-refractivity contribution < 1.29 is 19.0 Å². The number of carbonyl (C=O) groups is 1. The summed E-state index contributed by atoms with van der Waals surface area (Å²) in [6.07, 6.45) is 0. The summed E-state index contributed by atoms with van der Waals surface area (Å²) < 4.78 is 15.1. The van der Waals surface area contributed by atoms with Gasteiger partial charge in [-0.05, 0) is 37.6 Å². The Morgan fingerprint density at radius 3 is 2.62 bits per heavy atom. The molecule has 0 unspecified atom stereocenters. The van der Waals surface area contributed by atoms with Gasteiger partial charge >= 0.3 is 5.97 Å². The molecule has 0 amide bonds. The Balaban J connectivity index is 2.64. The molecule has 0 aliphatic rings. The van der Waals surface area contributed by atoms with E-state index in [-0.39, 0.29) is 6.61 Å². The third kappa shape index (κ3) is 3.46. The lowest BCUT2D eigenvalue weighted by atomic mass is 10.2. The van der Waals surface area contributed by atoms with Gasteiger partial charge in [0.25, 0.3) is 0 Å². The molecule has 88 valence electrons. The zero-order valence-electron chi connectivity index (χ0n) is 9.78. The Kier molecular flexibility index (Phi) is 4.64. The predicted octanol–water partition coefficient (Wildman–Crippen LogP) is 1.95. The quantitative estimate of drug-likeness (QED) is 0.717. The SMILES string of the molecule is CCOc1ccc(OCC(=O)OC)c(C)c1. The smallest absolute Gasteiger partial charge is 0.343 e. The highest BCUT2D eigenvalue weighted by Crippen LogP contribution is 2.23. The first-order chi connectivity index (χ1) is 7.67. The summed E-state index contributed by atoms with van der Waals surface area (Å²) in [5.41, 5.74) is 0.926. The molecule has 0 aliphatic heterocycles. The van der Waals surface area contributed by atoms with Gasteiger partial charge in [-0.25, -0.2) is 4.79 Å². The lowest BCUT2D eigenvalue weighted by Gasteiger charge is -2.09. The second-order valence-electron chi connectivity index (χ2n) is 3.23. The van der Waals surface area contributed by atoms with Gasteiger partial charge in [-0.2, -0.15) is 0 Å². The Morgan fingerprint density at radius 2 is 2.06 bits per heavy atom. The Bertz CT molecular complexity index is 360. The minimum atomic E-state index is -0.395. The molecule has 0 aromatic heterocycles. The summed E-state index contributed by atoms with van der Waals surface area (Å²) >= 11 is 0. The van der Waals surface area contributed by atoms with E-state index < -0.39 is 5.97 Å². The zero-order chi connectivity index (χ0) is 12.0. The van der Waals surface area contributed by atoms with Gasteiger partial charge in [-0.15, -0.1) is 0 Å². The van der Waals surface area contributed by atoms with Crippen molar-refractivity contribution in [2.75, 3.05) is 20.3 Å². The molecular formula is C12H16O4. The van der Waals surface area contributed by atoms with Crippen molar-refractivity contribution in [1.82, 2.24) is 0 Å². The van der Waals surface area contributed by atoms with Crippen molar-refractivity contribution in [3.8, 4) is 11.5 Å². The van der Waals surface area contributed by atoms with Gasteiger partial charge in [0.1, 0.15) is 11.5 Å². The first-order valence-corrected chi connectivity index (χ1v) is 5.10. The maximum Gasteiger partial charge on any atom is 0.343 e. The van der Waals surface area contributed by atoms with Crippen molar-refractivity contribution in [3.05, 3.63) is 23.8 Å². The fraction of sp³-hybridized carbons (Fsp3) is 0.417. The topological polar surface area (TPSA) is 44.8 Å². The highest BCUT2D eigenvalue weighted by molar-refractivity contribution is 5.70. The Labute approximate surface area is 95.1 Å². The fourth-order valence-electron chi connectivity index (χ4n) is 1.24. The summed E-state index contributed by atoms with van der Waals surface area (Å²) in [6, 6.07) is 5.46. The van der Waals surface area contributed by atoms with Crippen LogP contribution >= 0.6 is 0 Å². The van der Waals surface area contributed by atoms with E-state index in [1.807, 2.05) is 26.0 Å². The maximum atomic E-state index is 10.9. The number of aryl methyl sites for hydroxylation is 1. The van der Waals surface area contributed by atoms with Crippen LogP contribution < -0.4 is 9.47 Å². The summed E-state index contributed by atoms with van der Waals surface area (Å²) in [4.78, 5) is 10.9. The van der Waals surface area contributed by atoms with Crippen LogP contribution in [0.1, 0.15) is 12.5 Å². The van der Waals surface area contributed by atoms with Crippen LogP contribution in [0, 0.1) is 6.92 Å². The number of benzene rings is 1. The molecule has 0 saturated carbocycles. The van der Waals surface area contributed by atoms with Gasteiger partial charge in [0.2, 0.25) is 0 Å². The molecule has 1 rings (SSSR count). The van der Waals surface area contributed by atoms with E-state index >= 15 is 0 Å². The molecule has 0 fully saturated rings. The minimum absolute atomic E-state index is 0.0781. The van der Waals surface area contributed by atoms with E-state index in [1.54, 1.807) is 6.07 Å². The molecule has 0 atom stereocenters. The number of hydrogen-bond acceptors (Lipinski definition) is 4. The van der Waals surface area contributed by atoms with E-state index in [2.05, 4.69) is 4.74 Å². The van der Waals surface area contributed by atoms with E-state index in [4.69, 9.17) is 9.47 Å². The summed E-state index contributed by atoms with van der Waals surface area (Å²) in [5.74, 6) is 1.06. The summed E-state index contributed by atoms with van der Waals surface area (Å²) in [5, 5.41) is 0. The first-order valence-electron chi connectivity index (χ1n) is 5.10. The number of esters is 1. The average molecular weight is 224 g/mol. The summed E-state index contributed by atoms with van der Waals surface area (Å²) in [7, 11) is 1.33. The van der Waals surface area contributed by atoms with Gasteiger partial charge in [-0.3, -0.25) is 0 Å². The molecule has 0 radical (unpaired) electrons. The maximum absolute atomic E-state index is 10.9. The third-order valence-corrected chi connectivity index (χ3v) is 2.03. The predicted molar refractivity (Wildman–Crippen MR) is 59.9 cm³/mol. The molecule has 0 spiro atoms. The lowest BCUT2D eigenvalue weighted by Crippen LogP contribution is -2.13. The molecule has 0 aliphatic carbocycles. The second kappa shape index (κ2) is 6.00. The van der Waals surface area contributed by atoms with Gasteiger partial charge in [-0.1, -0.05) is 0 Å². The number of rotatable bonds is 5. The first kappa shape index (κ1) is 12.4. The van der Waals surface area contributed by atoms with Gasteiger partial charge in [0.15, 0.2) is 6.61 Å². The standard InChI is InChI=1S/C12H16O4/c1-4-15-10-5-6-11(9(2)7-10)16-8-12(13)14-3/h5-7H,4,8H2,1-3H3. The summed E-state index contributed by atoms with van der Waals surface area (Å²) in [6.45, 7) is 4.37. The number of hydrogen-bond donors (Lipinski definition) is 0.